The molecule has 0 bridgehead atoms. The fourth-order valence-corrected chi connectivity index (χ4v) is 3.50. The van der Waals surface area contributed by atoms with E-state index in [0.29, 0.717) is 12.0 Å². The Morgan fingerprint density at radius 2 is 1.52 bits per heavy atom. The zero-order chi connectivity index (χ0) is 24.3. The summed E-state index contributed by atoms with van der Waals surface area (Å²) in [6, 6.07) is 3.06. The zero-order valence-corrected chi connectivity index (χ0v) is 20.0. The molecule has 33 heavy (non-hydrogen) atoms. The molecule has 0 saturated carbocycles. The van der Waals surface area contributed by atoms with Crippen molar-refractivity contribution in [1.29, 1.82) is 0 Å². The van der Waals surface area contributed by atoms with E-state index < -0.39 is 12.0 Å². The molecule has 4 N–H and O–H groups in total. The molecule has 0 aromatic heterocycles. The minimum absolute atomic E-state index is 0.0388. The number of carboxylic acid groups (broad SMARTS) is 1. The van der Waals surface area contributed by atoms with Gasteiger partial charge in [-0.05, 0) is 56.2 Å². The van der Waals surface area contributed by atoms with Gasteiger partial charge in [-0.25, -0.2) is 4.79 Å². The summed E-state index contributed by atoms with van der Waals surface area (Å²) in [6.45, 7) is 2.22. The number of carboxylic acids is 1. The van der Waals surface area contributed by atoms with Crippen LogP contribution in [0.25, 0.3) is 0 Å². The largest absolute Gasteiger partial charge is 0.504 e. The van der Waals surface area contributed by atoms with Crippen LogP contribution in [-0.4, -0.2) is 33.2 Å². The van der Waals surface area contributed by atoms with Crippen molar-refractivity contribution in [3.63, 3.8) is 0 Å². The summed E-state index contributed by atoms with van der Waals surface area (Å²) in [5.74, 6) is -1.99. The molecule has 6 heteroatoms. The molecule has 1 amide bonds. The number of benzene rings is 1. The van der Waals surface area contributed by atoms with E-state index in [4.69, 9.17) is 0 Å². The van der Waals surface area contributed by atoms with Gasteiger partial charge in [-0.2, -0.15) is 0 Å². The second-order valence-corrected chi connectivity index (χ2v) is 8.47. The Labute approximate surface area is 198 Å². The number of carbonyl (C=O) groups is 2. The van der Waals surface area contributed by atoms with E-state index >= 15 is 0 Å². The highest BCUT2D eigenvalue weighted by atomic mass is 16.4. The molecule has 6 nitrogen and oxygen atoms in total. The lowest BCUT2D eigenvalue weighted by molar-refractivity contribution is -0.141. The van der Waals surface area contributed by atoms with Crippen molar-refractivity contribution < 1.29 is 24.9 Å². The topological polar surface area (TPSA) is 107 Å². The van der Waals surface area contributed by atoms with Crippen LogP contribution in [0.5, 0.6) is 11.5 Å². The molecule has 0 aliphatic carbocycles. The van der Waals surface area contributed by atoms with E-state index in [1.54, 1.807) is 0 Å². The highest BCUT2D eigenvalue weighted by molar-refractivity contribution is 5.83. The summed E-state index contributed by atoms with van der Waals surface area (Å²) in [7, 11) is 0. The average Bonchev–Trinajstić information content (AvgIpc) is 2.78. The quantitative estimate of drug-likeness (QED) is 0.122. The number of hydrogen-bond donors (Lipinski definition) is 4. The number of amides is 1. The number of aromatic hydroxyl groups is 2. The molecule has 1 rings (SSSR count). The summed E-state index contributed by atoms with van der Waals surface area (Å²) in [4.78, 5) is 23.6. The van der Waals surface area contributed by atoms with Crippen LogP contribution < -0.4 is 5.32 Å². The number of aliphatic carboxylic acids is 1. The Balaban J connectivity index is 2.11. The number of carbonyl (C=O) groups excluding carboxylic acids is 1. The third kappa shape index (κ3) is 14.1. The summed E-state index contributed by atoms with van der Waals surface area (Å²) < 4.78 is 0. The van der Waals surface area contributed by atoms with Crippen LogP contribution in [0.1, 0.15) is 89.5 Å². The molecule has 0 aliphatic heterocycles. The van der Waals surface area contributed by atoms with Crippen molar-refractivity contribution in [2.24, 2.45) is 0 Å². The van der Waals surface area contributed by atoms with E-state index in [0.717, 1.165) is 44.9 Å². The van der Waals surface area contributed by atoms with Crippen molar-refractivity contribution in [2.75, 3.05) is 0 Å². The van der Waals surface area contributed by atoms with Crippen LogP contribution in [0.15, 0.2) is 42.5 Å². The molecule has 0 saturated heterocycles. The van der Waals surface area contributed by atoms with Gasteiger partial charge in [0.2, 0.25) is 5.91 Å². The van der Waals surface area contributed by atoms with Gasteiger partial charge >= 0.3 is 5.97 Å². The maximum Gasteiger partial charge on any atom is 0.326 e. The van der Waals surface area contributed by atoms with Crippen LogP contribution in [-0.2, 0) is 16.0 Å². The Hall–Kier alpha value is -2.76. The van der Waals surface area contributed by atoms with E-state index in [9.17, 15) is 24.9 Å². The van der Waals surface area contributed by atoms with E-state index in [1.807, 2.05) is 0 Å². The Bertz CT molecular complexity index is 757. The number of phenolic OH excluding ortho intramolecular Hbond substituents is 2. The molecule has 1 atom stereocenters. The monoisotopic (exact) mass is 459 g/mol. The lowest BCUT2D eigenvalue weighted by Crippen LogP contribution is -2.42. The van der Waals surface area contributed by atoms with Crippen molar-refractivity contribution in [3.8, 4) is 11.5 Å². The second kappa shape index (κ2) is 17.8. The molecule has 0 heterocycles. The first kappa shape index (κ1) is 28.3. The van der Waals surface area contributed by atoms with Crippen LogP contribution >= 0.6 is 0 Å². The minimum Gasteiger partial charge on any atom is -0.504 e. The smallest absolute Gasteiger partial charge is 0.326 e. The summed E-state index contributed by atoms with van der Waals surface area (Å²) >= 11 is 0. The number of rotatable bonds is 18. The SMILES string of the molecule is CCCCC/C=C\C/C=C\CCCCCCCC(=O)N[C@@H](Cc1ccc(O)c(O)c1)C(=O)O. The fourth-order valence-electron chi connectivity index (χ4n) is 3.50. The number of unbranched alkanes of at least 4 members (excludes halogenated alkanes) is 8. The predicted octanol–water partition coefficient (Wildman–Crippen LogP) is 6.02. The second-order valence-electron chi connectivity index (χ2n) is 8.47. The summed E-state index contributed by atoms with van der Waals surface area (Å²) in [5, 5.41) is 30.8. The molecular weight excluding hydrogens is 418 g/mol. The van der Waals surface area contributed by atoms with Gasteiger partial charge in [-0.1, -0.05) is 69.4 Å². The van der Waals surface area contributed by atoms with Crippen LogP contribution in [0.4, 0.5) is 0 Å². The van der Waals surface area contributed by atoms with E-state index in [-0.39, 0.29) is 23.8 Å². The van der Waals surface area contributed by atoms with Gasteiger partial charge in [0.15, 0.2) is 11.5 Å². The number of nitrogens with one attached hydrogen (secondary N) is 1. The van der Waals surface area contributed by atoms with Crippen molar-refractivity contribution in [3.05, 3.63) is 48.1 Å². The zero-order valence-electron chi connectivity index (χ0n) is 20.0. The number of phenols is 2. The Morgan fingerprint density at radius 3 is 2.15 bits per heavy atom. The molecular formula is C27H41NO5. The molecule has 184 valence electrons. The maximum absolute atomic E-state index is 12.1. The fraction of sp³-hybridized carbons (Fsp3) is 0.556. The molecule has 0 spiro atoms. The van der Waals surface area contributed by atoms with Crippen LogP contribution in [0.2, 0.25) is 0 Å². The van der Waals surface area contributed by atoms with Crippen molar-refractivity contribution in [2.45, 2.75) is 96.4 Å². The lowest BCUT2D eigenvalue weighted by Gasteiger charge is -2.15. The van der Waals surface area contributed by atoms with Gasteiger partial charge in [-0.15, -0.1) is 0 Å². The van der Waals surface area contributed by atoms with Gasteiger partial charge < -0.3 is 20.6 Å². The molecule has 1 aromatic carbocycles. The average molecular weight is 460 g/mol. The molecule has 1 aromatic rings. The van der Waals surface area contributed by atoms with Crippen LogP contribution in [0.3, 0.4) is 0 Å². The standard InChI is InChI=1S/C27H41NO5/c1-2-3-4-5-6-7-8-9-10-11-12-13-14-15-16-17-26(31)28-23(27(32)33)20-22-18-19-24(29)25(30)21-22/h6-7,9-10,18-19,21,23,29-30H,2-5,8,11-17,20H2,1H3,(H,28,31)(H,32,33)/b7-6-,10-9-/t23-/m0/s1. The third-order valence-electron chi connectivity index (χ3n) is 5.47. The summed E-state index contributed by atoms with van der Waals surface area (Å²) in [6.07, 6.45) is 21.4. The highest BCUT2D eigenvalue weighted by Crippen LogP contribution is 2.25. The van der Waals surface area contributed by atoms with Gasteiger partial charge in [0.05, 0.1) is 0 Å². The molecule has 0 fully saturated rings. The molecule has 0 aliphatic rings. The Morgan fingerprint density at radius 1 is 0.879 bits per heavy atom. The first-order valence-corrected chi connectivity index (χ1v) is 12.3. The summed E-state index contributed by atoms with van der Waals surface area (Å²) in [5.41, 5.74) is 0.523. The van der Waals surface area contributed by atoms with Gasteiger partial charge in [0.25, 0.3) is 0 Å². The first-order chi connectivity index (χ1) is 15.9. The van der Waals surface area contributed by atoms with E-state index in [2.05, 4.69) is 36.5 Å². The lowest BCUT2D eigenvalue weighted by atomic mass is 10.0. The maximum atomic E-state index is 12.1. The Kier molecular flexibility index (Phi) is 15.2. The third-order valence-corrected chi connectivity index (χ3v) is 5.47. The van der Waals surface area contributed by atoms with E-state index in [1.165, 1.54) is 43.9 Å². The number of allylic oxidation sites excluding steroid dienone is 4. The van der Waals surface area contributed by atoms with Crippen molar-refractivity contribution >= 4 is 11.9 Å². The van der Waals surface area contributed by atoms with Gasteiger partial charge in [-0.3, -0.25) is 4.79 Å². The highest BCUT2D eigenvalue weighted by Gasteiger charge is 2.20. The number of hydrogen-bond acceptors (Lipinski definition) is 4. The van der Waals surface area contributed by atoms with Crippen molar-refractivity contribution in [1.82, 2.24) is 5.32 Å². The van der Waals surface area contributed by atoms with Gasteiger partial charge in [0.1, 0.15) is 6.04 Å². The predicted molar refractivity (Wildman–Crippen MR) is 132 cm³/mol. The van der Waals surface area contributed by atoms with Gasteiger partial charge in [0, 0.05) is 12.8 Å². The minimum atomic E-state index is -1.13. The van der Waals surface area contributed by atoms with Crippen LogP contribution in [0, 0.1) is 0 Å². The first-order valence-electron chi connectivity index (χ1n) is 12.3. The molecule has 0 radical (unpaired) electrons. The molecule has 0 unspecified atom stereocenters. The normalized spacial score (nSPS) is 12.4.